The molecule has 0 aliphatic heterocycles. The molecule has 0 saturated carbocycles. The van der Waals surface area contributed by atoms with Crippen LogP contribution in [0, 0.1) is 6.92 Å². The van der Waals surface area contributed by atoms with Crippen molar-refractivity contribution in [1.29, 1.82) is 0 Å². The zero-order valence-corrected chi connectivity index (χ0v) is 10.1. The van der Waals surface area contributed by atoms with E-state index in [0.717, 1.165) is 27.7 Å². The SMILES string of the molecule is CSc1ncc(-c2cccc(N)c2)c(C)n1. The number of nitrogen functional groups attached to an aromatic ring is 1. The van der Waals surface area contributed by atoms with Crippen LogP contribution in [0.15, 0.2) is 35.6 Å². The van der Waals surface area contributed by atoms with Crippen LogP contribution < -0.4 is 5.73 Å². The molecule has 1 aromatic carbocycles. The number of hydrogen-bond acceptors (Lipinski definition) is 4. The summed E-state index contributed by atoms with van der Waals surface area (Å²) in [4.78, 5) is 8.68. The molecule has 0 bridgehead atoms. The molecule has 2 rings (SSSR count). The van der Waals surface area contributed by atoms with Crippen LogP contribution in [0.4, 0.5) is 5.69 Å². The molecule has 0 aliphatic carbocycles. The Morgan fingerprint density at radius 2 is 2.12 bits per heavy atom. The lowest BCUT2D eigenvalue weighted by atomic mass is 10.1. The maximum absolute atomic E-state index is 5.76. The summed E-state index contributed by atoms with van der Waals surface area (Å²) in [5, 5.41) is 0.796. The highest BCUT2D eigenvalue weighted by atomic mass is 32.2. The third-order valence-electron chi connectivity index (χ3n) is 2.34. The molecule has 82 valence electrons. The second kappa shape index (κ2) is 4.53. The van der Waals surface area contributed by atoms with E-state index in [4.69, 9.17) is 5.73 Å². The summed E-state index contributed by atoms with van der Waals surface area (Å²) in [5.74, 6) is 0. The van der Waals surface area contributed by atoms with Gasteiger partial charge in [0.1, 0.15) is 0 Å². The van der Waals surface area contributed by atoms with Crippen LogP contribution in [0.5, 0.6) is 0 Å². The third-order valence-corrected chi connectivity index (χ3v) is 2.90. The number of aryl methyl sites for hydroxylation is 1. The summed E-state index contributed by atoms with van der Waals surface area (Å²) in [6.45, 7) is 1.99. The Bertz CT molecular complexity index is 511. The maximum Gasteiger partial charge on any atom is 0.187 e. The molecule has 0 unspecified atom stereocenters. The van der Waals surface area contributed by atoms with Crippen molar-refractivity contribution in [3.8, 4) is 11.1 Å². The first-order chi connectivity index (χ1) is 7.70. The van der Waals surface area contributed by atoms with Crippen molar-refractivity contribution in [2.45, 2.75) is 12.1 Å². The normalized spacial score (nSPS) is 10.4. The van der Waals surface area contributed by atoms with Gasteiger partial charge < -0.3 is 5.73 Å². The molecule has 16 heavy (non-hydrogen) atoms. The molecule has 3 nitrogen and oxygen atoms in total. The van der Waals surface area contributed by atoms with Crippen molar-refractivity contribution in [3.05, 3.63) is 36.2 Å². The Hall–Kier alpha value is -1.55. The lowest BCUT2D eigenvalue weighted by Gasteiger charge is -2.06. The van der Waals surface area contributed by atoms with Crippen molar-refractivity contribution in [2.75, 3.05) is 12.0 Å². The molecule has 4 heteroatoms. The van der Waals surface area contributed by atoms with E-state index in [1.165, 1.54) is 0 Å². The van der Waals surface area contributed by atoms with Gasteiger partial charge in [-0.1, -0.05) is 23.9 Å². The summed E-state index contributed by atoms with van der Waals surface area (Å²) < 4.78 is 0. The smallest absolute Gasteiger partial charge is 0.187 e. The van der Waals surface area contributed by atoms with E-state index in [1.54, 1.807) is 11.8 Å². The first-order valence-electron chi connectivity index (χ1n) is 4.94. The van der Waals surface area contributed by atoms with E-state index in [-0.39, 0.29) is 0 Å². The van der Waals surface area contributed by atoms with E-state index < -0.39 is 0 Å². The van der Waals surface area contributed by atoms with Gasteiger partial charge in [0.05, 0.1) is 0 Å². The summed E-state index contributed by atoms with van der Waals surface area (Å²) in [7, 11) is 0. The summed E-state index contributed by atoms with van der Waals surface area (Å²) in [6.07, 6.45) is 3.82. The second-order valence-electron chi connectivity index (χ2n) is 3.48. The molecule has 0 aliphatic rings. The second-order valence-corrected chi connectivity index (χ2v) is 4.25. The highest BCUT2D eigenvalue weighted by Gasteiger charge is 2.05. The molecule has 0 atom stereocenters. The summed E-state index contributed by atoms with van der Waals surface area (Å²) >= 11 is 1.54. The van der Waals surface area contributed by atoms with Gasteiger partial charge >= 0.3 is 0 Å². The molecule has 1 heterocycles. The standard InChI is InChI=1S/C12H13N3S/c1-8-11(7-14-12(15-8)16-2)9-4-3-5-10(13)6-9/h3-7H,13H2,1-2H3. The van der Waals surface area contributed by atoms with Crippen LogP contribution in [0.2, 0.25) is 0 Å². The average Bonchev–Trinajstić information content (AvgIpc) is 2.28. The number of rotatable bonds is 2. The monoisotopic (exact) mass is 231 g/mol. The minimum Gasteiger partial charge on any atom is -0.399 e. The largest absolute Gasteiger partial charge is 0.399 e. The Kier molecular flexibility index (Phi) is 3.10. The van der Waals surface area contributed by atoms with Crippen LogP contribution in [0.1, 0.15) is 5.69 Å². The first kappa shape index (κ1) is 11.0. The topological polar surface area (TPSA) is 51.8 Å². The fourth-order valence-corrected chi connectivity index (χ4v) is 1.92. The Morgan fingerprint density at radius 3 is 2.75 bits per heavy atom. The van der Waals surface area contributed by atoms with Crippen LogP contribution in [0.25, 0.3) is 11.1 Å². The molecule has 0 amide bonds. The Morgan fingerprint density at radius 1 is 1.31 bits per heavy atom. The molecule has 0 radical (unpaired) electrons. The molecular weight excluding hydrogens is 218 g/mol. The van der Waals surface area contributed by atoms with E-state index in [0.29, 0.717) is 0 Å². The van der Waals surface area contributed by atoms with Crippen molar-refractivity contribution >= 4 is 17.4 Å². The van der Waals surface area contributed by atoms with Crippen LogP contribution in [-0.2, 0) is 0 Å². The lowest BCUT2D eigenvalue weighted by molar-refractivity contribution is 0.938. The maximum atomic E-state index is 5.76. The molecule has 0 spiro atoms. The van der Waals surface area contributed by atoms with Gasteiger partial charge in [-0.2, -0.15) is 0 Å². The highest BCUT2D eigenvalue weighted by Crippen LogP contribution is 2.24. The van der Waals surface area contributed by atoms with Gasteiger partial charge in [-0.05, 0) is 30.9 Å². The number of thioether (sulfide) groups is 1. The van der Waals surface area contributed by atoms with Crippen LogP contribution >= 0.6 is 11.8 Å². The zero-order valence-electron chi connectivity index (χ0n) is 9.27. The number of nitrogens with two attached hydrogens (primary N) is 1. The first-order valence-corrected chi connectivity index (χ1v) is 6.16. The van der Waals surface area contributed by atoms with E-state index in [1.807, 2.05) is 43.6 Å². The molecule has 2 aromatic rings. The van der Waals surface area contributed by atoms with Gasteiger partial charge in [0.2, 0.25) is 0 Å². The molecule has 0 fully saturated rings. The van der Waals surface area contributed by atoms with E-state index >= 15 is 0 Å². The average molecular weight is 231 g/mol. The molecule has 1 aromatic heterocycles. The van der Waals surface area contributed by atoms with E-state index in [9.17, 15) is 0 Å². The fraction of sp³-hybridized carbons (Fsp3) is 0.167. The van der Waals surface area contributed by atoms with Gasteiger partial charge in [0, 0.05) is 23.1 Å². The zero-order chi connectivity index (χ0) is 11.5. The quantitative estimate of drug-likeness (QED) is 0.490. The predicted octanol–water partition coefficient (Wildman–Crippen LogP) is 2.76. The fourth-order valence-electron chi connectivity index (χ4n) is 1.53. The molecule has 2 N–H and O–H groups in total. The lowest BCUT2D eigenvalue weighted by Crippen LogP contribution is -1.93. The van der Waals surface area contributed by atoms with Gasteiger partial charge in [-0.15, -0.1) is 0 Å². The van der Waals surface area contributed by atoms with Crippen molar-refractivity contribution < 1.29 is 0 Å². The van der Waals surface area contributed by atoms with Gasteiger partial charge in [0.25, 0.3) is 0 Å². The van der Waals surface area contributed by atoms with Crippen molar-refractivity contribution in [3.63, 3.8) is 0 Å². The number of nitrogens with zero attached hydrogens (tertiary/aromatic N) is 2. The summed E-state index contributed by atoms with van der Waals surface area (Å²) in [5.41, 5.74) is 9.58. The van der Waals surface area contributed by atoms with Gasteiger partial charge in [0.15, 0.2) is 5.16 Å². The van der Waals surface area contributed by atoms with Crippen molar-refractivity contribution in [1.82, 2.24) is 9.97 Å². The number of hydrogen-bond donors (Lipinski definition) is 1. The van der Waals surface area contributed by atoms with Gasteiger partial charge in [-0.3, -0.25) is 0 Å². The number of aromatic nitrogens is 2. The highest BCUT2D eigenvalue weighted by molar-refractivity contribution is 7.98. The van der Waals surface area contributed by atoms with Crippen LogP contribution in [-0.4, -0.2) is 16.2 Å². The van der Waals surface area contributed by atoms with Gasteiger partial charge in [-0.25, -0.2) is 9.97 Å². The predicted molar refractivity (Wildman–Crippen MR) is 68.4 cm³/mol. The Labute approximate surface area is 99.1 Å². The van der Waals surface area contributed by atoms with E-state index in [2.05, 4.69) is 9.97 Å². The molecule has 0 saturated heterocycles. The Balaban J connectivity index is 2.48. The minimum atomic E-state index is 0.755. The third kappa shape index (κ3) is 2.17. The summed E-state index contributed by atoms with van der Waals surface area (Å²) in [6, 6.07) is 7.76. The van der Waals surface area contributed by atoms with Crippen LogP contribution in [0.3, 0.4) is 0 Å². The molecular formula is C12H13N3S. The minimum absolute atomic E-state index is 0.755. The van der Waals surface area contributed by atoms with Crippen molar-refractivity contribution in [2.24, 2.45) is 0 Å². The number of anilines is 1. The number of benzene rings is 1.